The maximum atomic E-state index is 12.0. The third kappa shape index (κ3) is 5.61. The average molecular weight is 505 g/mol. The Morgan fingerprint density at radius 1 is 1.16 bits per heavy atom. The van der Waals surface area contributed by atoms with E-state index in [0.29, 0.717) is 24.7 Å². The lowest BCUT2D eigenvalue weighted by Gasteiger charge is -2.22. The maximum absolute atomic E-state index is 12.0. The van der Waals surface area contributed by atoms with Gasteiger partial charge in [-0.05, 0) is 40.1 Å². The van der Waals surface area contributed by atoms with Gasteiger partial charge in [0.05, 0.1) is 16.7 Å². The Balaban J connectivity index is 1.76. The smallest absolute Gasteiger partial charge is 0.313 e. The highest BCUT2D eigenvalue weighted by Crippen LogP contribution is 2.38. The first-order chi connectivity index (χ1) is 17.7. The lowest BCUT2D eigenvalue weighted by Crippen LogP contribution is -2.22. The Morgan fingerprint density at radius 3 is 2.62 bits per heavy atom. The summed E-state index contributed by atoms with van der Waals surface area (Å²) in [5.41, 5.74) is 3.05. The Kier molecular flexibility index (Phi) is 7.53. The summed E-state index contributed by atoms with van der Waals surface area (Å²) < 4.78 is 8.04. The first-order valence-corrected chi connectivity index (χ1v) is 12.0. The number of likely N-dealkylation sites (N-methyl/N-ethyl adjacent to an activating group) is 1. The minimum Gasteiger partial charge on any atom is -0.473 e. The summed E-state index contributed by atoms with van der Waals surface area (Å²) in [6, 6.07) is 11.4. The van der Waals surface area contributed by atoms with Crippen LogP contribution >= 0.6 is 0 Å². The lowest BCUT2D eigenvalue weighted by molar-refractivity contribution is -0.384. The first kappa shape index (κ1) is 25.8. The van der Waals surface area contributed by atoms with Gasteiger partial charge >= 0.3 is 5.69 Å². The van der Waals surface area contributed by atoms with Gasteiger partial charge in [-0.2, -0.15) is 4.98 Å². The number of rotatable bonds is 10. The molecule has 0 saturated heterocycles. The summed E-state index contributed by atoms with van der Waals surface area (Å²) >= 11 is 0. The fourth-order valence-electron chi connectivity index (χ4n) is 4.01. The number of hydrogen-bond acceptors (Lipinski definition) is 9. The maximum Gasteiger partial charge on any atom is 0.313 e. The number of fused-ring (bicyclic) bond motifs is 1. The Hall–Kier alpha value is -4.25. The highest BCUT2D eigenvalue weighted by atomic mass is 16.6. The van der Waals surface area contributed by atoms with Crippen LogP contribution in [0.2, 0.25) is 0 Å². The molecule has 11 heteroatoms. The molecule has 0 radical (unpaired) electrons. The molecule has 0 atom stereocenters. The molecule has 0 aliphatic carbocycles. The van der Waals surface area contributed by atoms with Crippen LogP contribution in [-0.2, 0) is 7.05 Å². The normalized spacial score (nSPS) is 11.4. The first-order valence-electron chi connectivity index (χ1n) is 12.0. The molecule has 0 aliphatic rings. The molecule has 37 heavy (non-hydrogen) atoms. The average Bonchev–Trinajstić information content (AvgIpc) is 3.20. The van der Waals surface area contributed by atoms with Crippen molar-refractivity contribution >= 4 is 34.0 Å². The van der Waals surface area contributed by atoms with Crippen LogP contribution in [0.1, 0.15) is 13.8 Å². The lowest BCUT2D eigenvalue weighted by atomic mass is 10.1. The molecular weight excluding hydrogens is 472 g/mol. The standard InChI is InChI=1S/C26H32N8O3/c1-17(2)37-25-23(15-22(34(35)36)24(30-25)27-13-14-31(3)4)33(6)26-28-12-11-20(29-26)19-16-32(5)21-10-8-7-9-18(19)21/h7-12,15-17H,13-14H2,1-6H3,(H,27,30). The van der Waals surface area contributed by atoms with E-state index in [1.807, 2.05) is 64.3 Å². The molecule has 1 aromatic carbocycles. The Bertz CT molecular complexity index is 1420. The van der Waals surface area contributed by atoms with Gasteiger partial charge < -0.3 is 24.4 Å². The van der Waals surface area contributed by atoms with E-state index < -0.39 is 4.92 Å². The molecule has 4 rings (SSSR count). The molecule has 0 unspecified atom stereocenters. The molecule has 0 amide bonds. The second kappa shape index (κ2) is 10.8. The number of pyridine rings is 1. The van der Waals surface area contributed by atoms with Crippen LogP contribution in [0.15, 0.2) is 48.8 Å². The van der Waals surface area contributed by atoms with Crippen molar-refractivity contribution in [2.75, 3.05) is 44.4 Å². The molecule has 1 N–H and O–H groups in total. The zero-order chi connectivity index (χ0) is 26.7. The van der Waals surface area contributed by atoms with Crippen LogP contribution in [0.3, 0.4) is 0 Å². The number of nitrogens with one attached hydrogen (secondary N) is 1. The van der Waals surface area contributed by atoms with Crippen LogP contribution in [0.4, 0.5) is 23.1 Å². The van der Waals surface area contributed by atoms with Crippen molar-refractivity contribution in [1.29, 1.82) is 0 Å². The summed E-state index contributed by atoms with van der Waals surface area (Å²) in [6.45, 7) is 4.94. The van der Waals surface area contributed by atoms with Gasteiger partial charge in [-0.1, -0.05) is 18.2 Å². The summed E-state index contributed by atoms with van der Waals surface area (Å²) in [4.78, 5) is 28.9. The van der Waals surface area contributed by atoms with Gasteiger partial charge in [0.15, 0.2) is 0 Å². The third-order valence-corrected chi connectivity index (χ3v) is 5.82. The molecule has 4 aromatic rings. The SMILES string of the molecule is CC(C)Oc1nc(NCCN(C)C)c([N+](=O)[O-])cc1N(C)c1nccc(-c2cn(C)c3ccccc23)n1. The zero-order valence-electron chi connectivity index (χ0n) is 22.0. The van der Waals surface area contributed by atoms with Gasteiger partial charge in [0.25, 0.3) is 0 Å². The number of aryl methyl sites for hydroxylation is 1. The zero-order valence-corrected chi connectivity index (χ0v) is 22.0. The van der Waals surface area contributed by atoms with Crippen LogP contribution in [-0.4, -0.2) is 69.7 Å². The van der Waals surface area contributed by atoms with E-state index in [9.17, 15) is 10.1 Å². The van der Waals surface area contributed by atoms with Crippen molar-refractivity contribution < 1.29 is 9.66 Å². The van der Waals surface area contributed by atoms with Crippen molar-refractivity contribution in [1.82, 2.24) is 24.4 Å². The molecule has 3 heterocycles. The Labute approximate surface area is 215 Å². The van der Waals surface area contributed by atoms with E-state index >= 15 is 0 Å². The summed E-state index contributed by atoms with van der Waals surface area (Å²) in [5, 5.41) is 16.1. The quantitative estimate of drug-likeness (QED) is 0.247. The van der Waals surface area contributed by atoms with Crippen LogP contribution in [0.25, 0.3) is 22.2 Å². The minimum atomic E-state index is -0.450. The summed E-state index contributed by atoms with van der Waals surface area (Å²) in [5.74, 6) is 0.781. The van der Waals surface area contributed by atoms with Crippen molar-refractivity contribution in [2.45, 2.75) is 20.0 Å². The summed E-state index contributed by atoms with van der Waals surface area (Å²) in [6.07, 6.45) is 3.52. The van der Waals surface area contributed by atoms with Crippen LogP contribution in [0, 0.1) is 10.1 Å². The number of benzene rings is 1. The molecule has 0 bridgehead atoms. The van der Waals surface area contributed by atoms with E-state index in [2.05, 4.69) is 32.0 Å². The largest absolute Gasteiger partial charge is 0.473 e. The molecular formula is C26H32N8O3. The molecule has 3 aromatic heterocycles. The van der Waals surface area contributed by atoms with Gasteiger partial charge in [0, 0.05) is 62.1 Å². The number of nitro groups is 1. The van der Waals surface area contributed by atoms with Gasteiger partial charge in [0.1, 0.15) is 5.69 Å². The predicted octanol–water partition coefficient (Wildman–Crippen LogP) is 4.47. The van der Waals surface area contributed by atoms with Gasteiger partial charge in [-0.15, -0.1) is 0 Å². The number of para-hydroxylation sites is 1. The number of aromatic nitrogens is 4. The van der Waals surface area contributed by atoms with Gasteiger partial charge in [-0.25, -0.2) is 9.97 Å². The van der Waals surface area contributed by atoms with Gasteiger partial charge in [0.2, 0.25) is 17.6 Å². The van der Waals surface area contributed by atoms with E-state index in [4.69, 9.17) is 9.72 Å². The number of anilines is 3. The fourth-order valence-corrected chi connectivity index (χ4v) is 4.01. The second-order valence-electron chi connectivity index (χ2n) is 9.31. The highest BCUT2D eigenvalue weighted by Gasteiger charge is 2.25. The molecule has 0 spiro atoms. The predicted molar refractivity (Wildman–Crippen MR) is 146 cm³/mol. The fraction of sp³-hybridized carbons (Fsp3) is 0.346. The number of hydrogen-bond donors (Lipinski definition) is 1. The van der Waals surface area contributed by atoms with Crippen molar-refractivity contribution in [2.24, 2.45) is 7.05 Å². The minimum absolute atomic E-state index is 0.151. The molecule has 194 valence electrons. The third-order valence-electron chi connectivity index (χ3n) is 5.82. The van der Waals surface area contributed by atoms with Crippen LogP contribution in [0.5, 0.6) is 5.88 Å². The molecule has 0 saturated carbocycles. The van der Waals surface area contributed by atoms with Crippen molar-refractivity contribution in [3.63, 3.8) is 0 Å². The highest BCUT2D eigenvalue weighted by molar-refractivity contribution is 5.95. The monoisotopic (exact) mass is 504 g/mol. The van der Waals surface area contributed by atoms with E-state index in [-0.39, 0.29) is 23.5 Å². The summed E-state index contributed by atoms with van der Waals surface area (Å²) in [7, 11) is 7.60. The topological polar surface area (TPSA) is 114 Å². The molecule has 11 nitrogen and oxygen atoms in total. The van der Waals surface area contributed by atoms with E-state index in [1.54, 1.807) is 18.1 Å². The molecule has 0 aliphatic heterocycles. The van der Waals surface area contributed by atoms with Crippen molar-refractivity contribution in [3.05, 3.63) is 58.9 Å². The van der Waals surface area contributed by atoms with E-state index in [1.165, 1.54) is 6.07 Å². The van der Waals surface area contributed by atoms with E-state index in [0.717, 1.165) is 22.2 Å². The van der Waals surface area contributed by atoms with Crippen molar-refractivity contribution in [3.8, 4) is 17.1 Å². The second-order valence-corrected chi connectivity index (χ2v) is 9.31. The van der Waals surface area contributed by atoms with Gasteiger partial charge in [-0.3, -0.25) is 10.1 Å². The number of nitrogens with zero attached hydrogens (tertiary/aromatic N) is 7. The Morgan fingerprint density at radius 2 is 1.92 bits per heavy atom. The van der Waals surface area contributed by atoms with Crippen LogP contribution < -0.4 is 15.0 Å². The number of ether oxygens (including phenoxy) is 1. The molecule has 0 fully saturated rings.